The molecule has 1 aliphatic carbocycles. The fourth-order valence-corrected chi connectivity index (χ4v) is 3.98. The van der Waals surface area contributed by atoms with E-state index in [2.05, 4.69) is 52.7 Å². The molecule has 1 rings (SSSR count). The third-order valence-corrected chi connectivity index (χ3v) is 4.94. The van der Waals surface area contributed by atoms with Crippen molar-refractivity contribution < 1.29 is 39.7 Å². The molecule has 3 atom stereocenters. The molecule has 0 bridgehead atoms. The van der Waals surface area contributed by atoms with Gasteiger partial charge >= 0.3 is 78.0 Å². The topological polar surface area (TPSA) is 69.2 Å². The molecule has 0 heterocycles. The average Bonchev–Trinajstić information content (AvgIpc) is 2.95. The van der Waals surface area contributed by atoms with Crippen molar-refractivity contribution in [1.29, 1.82) is 0 Å². The van der Waals surface area contributed by atoms with Crippen LogP contribution in [0.5, 0.6) is 0 Å². The molecular formula is C24H40HfO3. The first kappa shape index (κ1) is 32.1. The molecule has 0 N–H and O–H groups in total. The number of hydrogen-bond donors (Lipinski definition) is 0. The molecule has 28 heavy (non-hydrogen) atoms. The van der Waals surface area contributed by atoms with Gasteiger partial charge in [0, 0.05) is 0 Å². The first-order chi connectivity index (χ1) is 12.8. The van der Waals surface area contributed by atoms with Gasteiger partial charge in [-0.15, -0.1) is 38.0 Å². The van der Waals surface area contributed by atoms with Gasteiger partial charge < -0.3 is 15.3 Å². The van der Waals surface area contributed by atoms with E-state index in [9.17, 15) is 15.3 Å². The zero-order valence-corrected chi connectivity index (χ0v) is 22.4. The molecule has 0 amide bonds. The Hall–Kier alpha value is -0.550. The molecule has 0 aromatic heterocycles. The number of hydrogen-bond acceptors (Lipinski definition) is 3. The molecule has 3 nitrogen and oxygen atoms in total. The van der Waals surface area contributed by atoms with Crippen molar-refractivity contribution in [2.24, 2.45) is 5.41 Å². The molecule has 0 saturated heterocycles. The summed E-state index contributed by atoms with van der Waals surface area (Å²) in [5.41, 5.74) is 1.96. The Labute approximate surface area is 189 Å². The molecule has 0 spiro atoms. The Morgan fingerprint density at radius 2 is 1.21 bits per heavy atom. The van der Waals surface area contributed by atoms with Crippen LogP contribution in [0, 0.1) is 5.41 Å². The van der Waals surface area contributed by atoms with Crippen molar-refractivity contribution in [1.82, 2.24) is 0 Å². The van der Waals surface area contributed by atoms with Crippen molar-refractivity contribution in [2.45, 2.75) is 85.5 Å². The van der Waals surface area contributed by atoms with Crippen LogP contribution in [-0.2, 0) is 24.4 Å². The number of rotatable bonds is 6. The van der Waals surface area contributed by atoms with Crippen LogP contribution >= 0.6 is 0 Å². The van der Waals surface area contributed by atoms with E-state index in [0.717, 1.165) is 0 Å². The van der Waals surface area contributed by atoms with Gasteiger partial charge in [0.25, 0.3) is 0 Å². The second kappa shape index (κ2) is 19.8. The van der Waals surface area contributed by atoms with Gasteiger partial charge in [-0.05, 0) is 19.3 Å². The zero-order valence-electron chi connectivity index (χ0n) is 18.8. The molecular weight excluding hydrogens is 515 g/mol. The molecule has 158 valence electrons. The third-order valence-electron chi connectivity index (χ3n) is 3.24. The molecule has 0 aromatic rings. The molecule has 0 radical (unpaired) electrons. The van der Waals surface area contributed by atoms with Gasteiger partial charge in [0.1, 0.15) is 0 Å². The van der Waals surface area contributed by atoms with Gasteiger partial charge in [0.2, 0.25) is 0 Å². The Morgan fingerprint density at radius 1 is 0.893 bits per heavy atom. The van der Waals surface area contributed by atoms with E-state index in [4.69, 9.17) is 0 Å². The summed E-state index contributed by atoms with van der Waals surface area (Å²) in [6.45, 7) is 21.9. The summed E-state index contributed by atoms with van der Waals surface area (Å²) in [7, 11) is 0. The average molecular weight is 555 g/mol. The van der Waals surface area contributed by atoms with Gasteiger partial charge in [-0.1, -0.05) is 39.0 Å². The predicted octanol–water partition coefficient (Wildman–Crippen LogP) is 3.73. The maximum absolute atomic E-state index is 10.1. The summed E-state index contributed by atoms with van der Waals surface area (Å²) in [5.74, 6) is 0. The molecule has 3 unspecified atom stereocenters. The zero-order chi connectivity index (χ0) is 22.8. The molecule has 0 fully saturated rings. The van der Waals surface area contributed by atoms with Crippen molar-refractivity contribution in [3.63, 3.8) is 0 Å². The predicted molar refractivity (Wildman–Crippen MR) is 113 cm³/mol. The molecule has 4 heteroatoms. The van der Waals surface area contributed by atoms with Gasteiger partial charge in [0.15, 0.2) is 0 Å². The second-order valence-corrected chi connectivity index (χ2v) is 9.92. The number of allylic oxidation sites excluding steroid dienone is 4. The van der Waals surface area contributed by atoms with E-state index in [-0.39, 0.29) is 0 Å². The minimum absolute atomic E-state index is 0.379. The van der Waals surface area contributed by atoms with Crippen LogP contribution < -0.4 is 15.3 Å². The molecule has 0 saturated carbocycles. The van der Waals surface area contributed by atoms with E-state index < -0.39 is 18.3 Å². The van der Waals surface area contributed by atoms with Crippen molar-refractivity contribution in [3.05, 3.63) is 59.0 Å². The fraction of sp³-hybridized carbons (Fsp3) is 0.583. The second-order valence-electron chi connectivity index (χ2n) is 7.75. The van der Waals surface area contributed by atoms with Crippen LogP contribution in [0.15, 0.2) is 59.0 Å². The molecule has 0 aromatic carbocycles. The van der Waals surface area contributed by atoms with E-state index in [1.807, 2.05) is 0 Å². The van der Waals surface area contributed by atoms with E-state index in [1.165, 1.54) is 30.8 Å². The Balaban J connectivity index is -0.000000309. The maximum atomic E-state index is 10.1. The van der Waals surface area contributed by atoms with Gasteiger partial charge in [-0.2, -0.15) is 0 Å². The van der Waals surface area contributed by atoms with Crippen LogP contribution in [0.1, 0.15) is 67.2 Å². The van der Waals surface area contributed by atoms with E-state index in [1.54, 1.807) is 47.9 Å². The van der Waals surface area contributed by atoms with Crippen LogP contribution in [0.4, 0.5) is 0 Å². The van der Waals surface area contributed by atoms with Gasteiger partial charge in [0.05, 0.1) is 0 Å². The normalized spacial score (nSPS) is 15.5. The van der Waals surface area contributed by atoms with Crippen LogP contribution in [-0.4, -0.2) is 18.3 Å². The third kappa shape index (κ3) is 25.5. The van der Waals surface area contributed by atoms with Crippen molar-refractivity contribution >= 4 is 0 Å². The first-order valence-corrected chi connectivity index (χ1v) is 11.5. The minimum atomic E-state index is -0.470. The monoisotopic (exact) mass is 556 g/mol. The van der Waals surface area contributed by atoms with Crippen LogP contribution in [0.25, 0.3) is 0 Å². The quantitative estimate of drug-likeness (QED) is 0.371. The standard InChI is InChI=1S/C9H13.3C5H9O.Hf/c1-9(2,3)8-6-4-5-7-8;3*1-3-4-5(2)6;/h4,6H,5H2,1-3H3;3*3,5H,1,4H2,2H3;/q;3*-1;+3. The molecule has 1 aliphatic rings. The van der Waals surface area contributed by atoms with Crippen molar-refractivity contribution in [2.75, 3.05) is 0 Å². The van der Waals surface area contributed by atoms with E-state index >= 15 is 0 Å². The summed E-state index contributed by atoms with van der Waals surface area (Å²) in [5, 5.41) is 30.2. The van der Waals surface area contributed by atoms with Gasteiger partial charge in [-0.3, -0.25) is 0 Å². The fourth-order valence-electron chi connectivity index (χ4n) is 1.91. The summed E-state index contributed by atoms with van der Waals surface area (Å²) in [6.07, 6.45) is 11.0. The SMILES string of the molecule is C=CCC(C)[O-].C=CCC(C)[O-].C=CCC(C)[O-].CC(C)(C)C1=[C]([Hf+3])CC=C1. The Bertz CT molecular complexity index is 433. The van der Waals surface area contributed by atoms with Crippen LogP contribution in [0.2, 0.25) is 0 Å². The van der Waals surface area contributed by atoms with Crippen LogP contribution in [0.3, 0.4) is 0 Å². The summed E-state index contributed by atoms with van der Waals surface area (Å²) >= 11 is 1.23. The molecule has 0 aliphatic heterocycles. The summed E-state index contributed by atoms with van der Waals surface area (Å²) in [6, 6.07) is 0. The Kier molecular flexibility index (Phi) is 22.7. The van der Waals surface area contributed by atoms with E-state index in [0.29, 0.717) is 24.7 Å². The Morgan fingerprint density at radius 3 is 1.29 bits per heavy atom. The summed E-state index contributed by atoms with van der Waals surface area (Å²) in [4.78, 5) is 0. The first-order valence-electron chi connectivity index (χ1n) is 9.75. The van der Waals surface area contributed by atoms with Gasteiger partial charge in [-0.25, -0.2) is 0 Å². The summed E-state index contributed by atoms with van der Waals surface area (Å²) < 4.78 is 1.67. The van der Waals surface area contributed by atoms with Crippen molar-refractivity contribution in [3.8, 4) is 0 Å².